The number of methoxy groups -OCH3 is 1. The van der Waals surface area contributed by atoms with E-state index in [2.05, 4.69) is 0 Å². The van der Waals surface area contributed by atoms with Gasteiger partial charge in [0.1, 0.15) is 24.9 Å². The van der Waals surface area contributed by atoms with Crippen LogP contribution in [0.3, 0.4) is 0 Å². The summed E-state index contributed by atoms with van der Waals surface area (Å²) in [6, 6.07) is 24.8. The number of hydrogen-bond acceptors (Lipinski definition) is 8. The number of benzene rings is 3. The quantitative estimate of drug-likeness (QED) is 0.235. The molecule has 208 valence electrons. The molecule has 4 rings (SSSR count). The fraction of sp³-hybridized carbons (Fsp3) is 0.290. The number of carbonyl (C=O) groups excluding carboxylic acids is 4. The highest BCUT2D eigenvalue weighted by molar-refractivity contribution is 6.13. The van der Waals surface area contributed by atoms with Gasteiger partial charge in [0.15, 0.2) is 0 Å². The van der Waals surface area contributed by atoms with E-state index >= 15 is 0 Å². The van der Waals surface area contributed by atoms with E-state index in [-0.39, 0.29) is 19.6 Å². The highest BCUT2D eigenvalue weighted by Gasteiger charge is 2.73. The number of amides is 1. The minimum Gasteiger partial charge on any atom is -0.467 e. The Balaban J connectivity index is 1.79. The van der Waals surface area contributed by atoms with E-state index in [0.29, 0.717) is 16.7 Å². The van der Waals surface area contributed by atoms with Crippen LogP contribution in [0.15, 0.2) is 91.0 Å². The smallest absolute Gasteiger partial charge is 0.347 e. The molecule has 1 aliphatic rings. The van der Waals surface area contributed by atoms with Crippen LogP contribution >= 0.6 is 0 Å². The van der Waals surface area contributed by atoms with Crippen LogP contribution in [0.1, 0.15) is 30.0 Å². The molecule has 9 nitrogen and oxygen atoms in total. The highest BCUT2D eigenvalue weighted by atomic mass is 16.6. The first-order valence-electron chi connectivity index (χ1n) is 12.8. The number of nitrogens with zero attached hydrogens (tertiary/aromatic N) is 1. The average Bonchev–Trinajstić information content (AvgIpc) is 3.19. The van der Waals surface area contributed by atoms with E-state index in [4.69, 9.17) is 14.2 Å². The monoisotopic (exact) mass is 545 g/mol. The molecule has 1 N–H and O–H groups in total. The molecule has 0 radical (unpaired) electrons. The molecule has 0 spiro atoms. The predicted molar refractivity (Wildman–Crippen MR) is 143 cm³/mol. The Bertz CT molecular complexity index is 1290. The summed E-state index contributed by atoms with van der Waals surface area (Å²) in [7, 11) is 1.14. The molecular weight excluding hydrogens is 514 g/mol. The Morgan fingerprint density at radius 1 is 0.800 bits per heavy atom. The molecule has 3 aromatic rings. The Morgan fingerprint density at radius 2 is 1.23 bits per heavy atom. The largest absolute Gasteiger partial charge is 0.467 e. The van der Waals surface area contributed by atoms with Gasteiger partial charge in [0.2, 0.25) is 5.91 Å². The van der Waals surface area contributed by atoms with Gasteiger partial charge in [0, 0.05) is 6.42 Å². The molecule has 1 heterocycles. The topological polar surface area (TPSA) is 119 Å². The zero-order chi connectivity index (χ0) is 28.8. The van der Waals surface area contributed by atoms with Crippen molar-refractivity contribution in [2.24, 2.45) is 0 Å². The van der Waals surface area contributed by atoms with Crippen LogP contribution in [-0.4, -0.2) is 58.1 Å². The van der Waals surface area contributed by atoms with Crippen molar-refractivity contribution in [2.45, 2.75) is 50.2 Å². The van der Waals surface area contributed by atoms with Crippen molar-refractivity contribution in [3.63, 3.8) is 0 Å². The lowest BCUT2D eigenvalue weighted by molar-refractivity contribution is -0.194. The van der Waals surface area contributed by atoms with Gasteiger partial charge in [-0.25, -0.2) is 14.4 Å². The minimum atomic E-state index is -2.69. The lowest BCUT2D eigenvalue weighted by Gasteiger charge is -2.42. The molecule has 0 aliphatic carbocycles. The molecular formula is C31H31NO8. The van der Waals surface area contributed by atoms with Gasteiger partial charge < -0.3 is 24.2 Å². The maximum absolute atomic E-state index is 14.0. The zero-order valence-electron chi connectivity index (χ0n) is 22.3. The van der Waals surface area contributed by atoms with Crippen molar-refractivity contribution in [1.29, 1.82) is 0 Å². The second-order valence-corrected chi connectivity index (χ2v) is 9.78. The van der Waals surface area contributed by atoms with Crippen molar-refractivity contribution < 1.29 is 38.5 Å². The van der Waals surface area contributed by atoms with Crippen LogP contribution in [0.5, 0.6) is 0 Å². The highest BCUT2D eigenvalue weighted by Crippen LogP contribution is 2.44. The van der Waals surface area contributed by atoms with Gasteiger partial charge >= 0.3 is 17.9 Å². The molecule has 2 atom stereocenters. The van der Waals surface area contributed by atoms with E-state index in [1.54, 1.807) is 91.0 Å². The van der Waals surface area contributed by atoms with Crippen molar-refractivity contribution in [3.8, 4) is 0 Å². The molecule has 0 bridgehead atoms. The third kappa shape index (κ3) is 5.60. The predicted octanol–water partition coefficient (Wildman–Crippen LogP) is 2.98. The fourth-order valence-electron chi connectivity index (χ4n) is 4.99. The number of esters is 3. The molecule has 0 aromatic heterocycles. The van der Waals surface area contributed by atoms with Crippen LogP contribution in [-0.2, 0) is 53.0 Å². The number of aliphatic hydroxyl groups is 1. The van der Waals surface area contributed by atoms with Crippen molar-refractivity contribution in [2.75, 3.05) is 7.11 Å². The molecule has 1 amide bonds. The van der Waals surface area contributed by atoms with Gasteiger partial charge in [-0.3, -0.25) is 4.79 Å². The van der Waals surface area contributed by atoms with E-state index in [9.17, 15) is 24.3 Å². The standard InChI is InChI=1S/C31H31NO8/c1-30(37)19-26(33)32(25(27(34)38-2)18-22-12-6-3-7-13-22)31(30,28(35)39-20-23-14-8-4-9-15-23)29(36)40-21-24-16-10-5-11-17-24/h3-17,25,37H,18-21H2,1-2H3/t25-,30?/m1/s1. The van der Waals surface area contributed by atoms with E-state index in [0.717, 1.165) is 12.0 Å². The Kier molecular flexibility index (Phi) is 8.64. The van der Waals surface area contributed by atoms with E-state index in [1.807, 2.05) is 0 Å². The van der Waals surface area contributed by atoms with E-state index < -0.39 is 47.4 Å². The summed E-state index contributed by atoms with van der Waals surface area (Å²) in [6.07, 6.45) is -0.717. The molecule has 40 heavy (non-hydrogen) atoms. The average molecular weight is 546 g/mol. The molecule has 9 heteroatoms. The second kappa shape index (κ2) is 12.1. The van der Waals surface area contributed by atoms with Crippen LogP contribution in [0.4, 0.5) is 0 Å². The number of ether oxygens (including phenoxy) is 3. The molecule has 1 fully saturated rings. The number of hydrogen-bond donors (Lipinski definition) is 1. The first kappa shape index (κ1) is 28.5. The van der Waals surface area contributed by atoms with Gasteiger partial charge in [0.25, 0.3) is 5.54 Å². The van der Waals surface area contributed by atoms with Crippen LogP contribution in [0.25, 0.3) is 0 Å². The minimum absolute atomic E-state index is 0.0883. The van der Waals surface area contributed by atoms with Gasteiger partial charge in [-0.15, -0.1) is 0 Å². The summed E-state index contributed by atoms with van der Waals surface area (Å²) in [4.78, 5) is 55.5. The van der Waals surface area contributed by atoms with Crippen LogP contribution < -0.4 is 0 Å². The summed E-state index contributed by atoms with van der Waals surface area (Å²) >= 11 is 0. The van der Waals surface area contributed by atoms with Crippen LogP contribution in [0, 0.1) is 0 Å². The first-order chi connectivity index (χ1) is 19.2. The van der Waals surface area contributed by atoms with Gasteiger partial charge in [0.05, 0.1) is 13.5 Å². The molecule has 1 aliphatic heterocycles. The van der Waals surface area contributed by atoms with Crippen molar-refractivity contribution in [3.05, 3.63) is 108 Å². The Morgan fingerprint density at radius 3 is 1.65 bits per heavy atom. The van der Waals surface area contributed by atoms with Crippen LogP contribution in [0.2, 0.25) is 0 Å². The van der Waals surface area contributed by atoms with Crippen molar-refractivity contribution in [1.82, 2.24) is 4.90 Å². The number of likely N-dealkylation sites (tertiary alicyclic amines) is 1. The zero-order valence-corrected chi connectivity index (χ0v) is 22.3. The molecule has 0 saturated carbocycles. The maximum Gasteiger partial charge on any atom is 0.347 e. The molecule has 3 aromatic carbocycles. The van der Waals surface area contributed by atoms with Gasteiger partial charge in [-0.05, 0) is 23.6 Å². The second-order valence-electron chi connectivity index (χ2n) is 9.78. The number of rotatable bonds is 10. The fourth-order valence-corrected chi connectivity index (χ4v) is 4.99. The number of carbonyl (C=O) groups is 4. The lowest BCUT2D eigenvalue weighted by atomic mass is 9.80. The molecule has 1 unspecified atom stereocenters. The summed E-state index contributed by atoms with van der Waals surface area (Å²) < 4.78 is 16.1. The molecule has 1 saturated heterocycles. The van der Waals surface area contributed by atoms with E-state index in [1.165, 1.54) is 6.92 Å². The SMILES string of the molecule is COC(=O)[C@@H](Cc1ccccc1)N1C(=O)CC(C)(O)C1(C(=O)OCc1ccccc1)C(=O)OCc1ccccc1. The normalized spacial score (nSPS) is 18.6. The summed E-state index contributed by atoms with van der Waals surface area (Å²) in [5.41, 5.74) is -3.10. The first-order valence-corrected chi connectivity index (χ1v) is 12.8. The van der Waals surface area contributed by atoms with Gasteiger partial charge in [-0.1, -0.05) is 91.0 Å². The maximum atomic E-state index is 14.0. The summed E-state index contributed by atoms with van der Waals surface area (Å²) in [6.45, 7) is 0.704. The summed E-state index contributed by atoms with van der Waals surface area (Å²) in [5.74, 6) is -4.10. The Hall–Kier alpha value is -4.50. The van der Waals surface area contributed by atoms with Gasteiger partial charge in [-0.2, -0.15) is 0 Å². The third-order valence-electron chi connectivity index (χ3n) is 6.98. The Labute approximate surface area is 232 Å². The van der Waals surface area contributed by atoms with Crippen molar-refractivity contribution >= 4 is 23.8 Å². The third-order valence-corrected chi connectivity index (χ3v) is 6.98. The summed E-state index contributed by atoms with van der Waals surface area (Å²) in [5, 5.41) is 11.6. The lowest BCUT2D eigenvalue weighted by Crippen LogP contribution is -2.71.